The number of nitrogens with zero attached hydrogens (tertiary/aromatic N) is 1. The second-order valence-electron chi connectivity index (χ2n) is 6.89. The average Bonchev–Trinajstić information content (AvgIpc) is 3.23. The molecule has 1 aliphatic rings. The van der Waals surface area contributed by atoms with Crippen molar-refractivity contribution in [1.29, 1.82) is 0 Å². The largest absolute Gasteiger partial charge is 0.496 e. The van der Waals surface area contributed by atoms with Crippen molar-refractivity contribution in [3.8, 4) is 11.5 Å². The van der Waals surface area contributed by atoms with Crippen LogP contribution in [0.3, 0.4) is 0 Å². The van der Waals surface area contributed by atoms with Gasteiger partial charge in [0, 0.05) is 31.7 Å². The fraction of sp³-hybridized carbons (Fsp3) is 0.409. The Hall–Kier alpha value is -2.53. The monoisotopic (exact) mass is 368 g/mol. The predicted molar refractivity (Wildman–Crippen MR) is 106 cm³/mol. The Morgan fingerprint density at radius 3 is 2.63 bits per heavy atom. The first-order valence-corrected chi connectivity index (χ1v) is 9.50. The summed E-state index contributed by atoms with van der Waals surface area (Å²) in [5.41, 5.74) is 3.34. The van der Waals surface area contributed by atoms with Crippen LogP contribution in [0.25, 0.3) is 0 Å². The molecule has 0 atom stereocenters. The standard InChI is InChI=1S/C22H28N2O3/c1-17-9-10-18(13-21(17)26-2)14-23-15-19-7-3-4-8-20(19)27-16-22(25)24-11-5-6-12-24/h3-4,7-10,13,23H,5-6,11-12,14-16H2,1-2H3. The molecule has 144 valence electrons. The highest BCUT2D eigenvalue weighted by Crippen LogP contribution is 2.20. The zero-order chi connectivity index (χ0) is 19.1. The van der Waals surface area contributed by atoms with E-state index >= 15 is 0 Å². The summed E-state index contributed by atoms with van der Waals surface area (Å²) in [5.74, 6) is 1.74. The van der Waals surface area contributed by atoms with E-state index in [1.807, 2.05) is 36.1 Å². The zero-order valence-corrected chi connectivity index (χ0v) is 16.2. The molecular formula is C22H28N2O3. The van der Waals surface area contributed by atoms with Gasteiger partial charge in [-0.25, -0.2) is 0 Å². The van der Waals surface area contributed by atoms with Crippen LogP contribution < -0.4 is 14.8 Å². The number of hydrogen-bond acceptors (Lipinski definition) is 4. The number of rotatable bonds is 8. The van der Waals surface area contributed by atoms with Crippen molar-refractivity contribution >= 4 is 5.91 Å². The van der Waals surface area contributed by atoms with Gasteiger partial charge in [0.25, 0.3) is 5.91 Å². The fourth-order valence-electron chi connectivity index (χ4n) is 3.30. The van der Waals surface area contributed by atoms with Crippen LogP contribution in [0.15, 0.2) is 42.5 Å². The first kappa shape index (κ1) is 19.2. The summed E-state index contributed by atoms with van der Waals surface area (Å²) in [7, 11) is 1.69. The number of carbonyl (C=O) groups is 1. The van der Waals surface area contributed by atoms with Crippen LogP contribution in [-0.4, -0.2) is 37.6 Å². The van der Waals surface area contributed by atoms with Crippen LogP contribution in [-0.2, 0) is 17.9 Å². The number of nitrogens with one attached hydrogen (secondary N) is 1. The van der Waals surface area contributed by atoms with E-state index in [0.29, 0.717) is 6.54 Å². The van der Waals surface area contributed by atoms with Crippen LogP contribution >= 0.6 is 0 Å². The van der Waals surface area contributed by atoms with E-state index in [1.165, 1.54) is 5.56 Å². The minimum absolute atomic E-state index is 0.0713. The molecule has 1 fully saturated rings. The highest BCUT2D eigenvalue weighted by atomic mass is 16.5. The Kier molecular flexibility index (Phi) is 6.71. The van der Waals surface area contributed by atoms with E-state index < -0.39 is 0 Å². The number of para-hydroxylation sites is 1. The maximum Gasteiger partial charge on any atom is 0.260 e. The molecule has 27 heavy (non-hydrogen) atoms. The molecule has 0 spiro atoms. The third-order valence-electron chi connectivity index (χ3n) is 4.90. The second-order valence-corrected chi connectivity index (χ2v) is 6.89. The molecule has 1 heterocycles. The third-order valence-corrected chi connectivity index (χ3v) is 4.90. The van der Waals surface area contributed by atoms with Crippen LogP contribution in [0.2, 0.25) is 0 Å². The van der Waals surface area contributed by atoms with Crippen LogP contribution in [0, 0.1) is 6.92 Å². The van der Waals surface area contributed by atoms with Gasteiger partial charge in [-0.2, -0.15) is 0 Å². The number of ether oxygens (including phenoxy) is 2. The van der Waals surface area contributed by atoms with E-state index in [-0.39, 0.29) is 12.5 Å². The van der Waals surface area contributed by atoms with E-state index in [0.717, 1.165) is 55.1 Å². The van der Waals surface area contributed by atoms with Gasteiger partial charge in [-0.1, -0.05) is 30.3 Å². The number of methoxy groups -OCH3 is 1. The van der Waals surface area contributed by atoms with Gasteiger partial charge in [0.05, 0.1) is 7.11 Å². The highest BCUT2D eigenvalue weighted by Gasteiger charge is 2.18. The topological polar surface area (TPSA) is 50.8 Å². The normalized spacial score (nSPS) is 13.6. The molecule has 1 saturated heterocycles. The van der Waals surface area contributed by atoms with Crippen LogP contribution in [0.4, 0.5) is 0 Å². The SMILES string of the molecule is COc1cc(CNCc2ccccc2OCC(=O)N2CCCC2)ccc1C. The number of carbonyl (C=O) groups excluding carboxylic acids is 1. The molecule has 3 rings (SSSR count). The molecule has 0 bridgehead atoms. The summed E-state index contributed by atoms with van der Waals surface area (Å²) in [6.45, 7) is 5.25. The van der Waals surface area contributed by atoms with E-state index in [4.69, 9.17) is 9.47 Å². The Bertz CT molecular complexity index is 770. The summed E-state index contributed by atoms with van der Waals surface area (Å²) < 4.78 is 11.2. The molecule has 5 nitrogen and oxygen atoms in total. The molecule has 0 unspecified atom stereocenters. The molecular weight excluding hydrogens is 340 g/mol. The molecule has 1 aliphatic heterocycles. The van der Waals surface area contributed by atoms with Gasteiger partial charge in [-0.15, -0.1) is 0 Å². The smallest absolute Gasteiger partial charge is 0.260 e. The van der Waals surface area contributed by atoms with Gasteiger partial charge in [0.2, 0.25) is 0 Å². The predicted octanol–water partition coefficient (Wildman–Crippen LogP) is 3.29. The Morgan fingerprint density at radius 2 is 1.85 bits per heavy atom. The van der Waals surface area contributed by atoms with Crippen LogP contribution in [0.1, 0.15) is 29.5 Å². The Labute approximate surface area is 161 Å². The minimum Gasteiger partial charge on any atom is -0.496 e. The zero-order valence-electron chi connectivity index (χ0n) is 16.2. The number of amides is 1. The fourth-order valence-corrected chi connectivity index (χ4v) is 3.30. The maximum atomic E-state index is 12.2. The molecule has 0 radical (unpaired) electrons. The lowest BCUT2D eigenvalue weighted by molar-refractivity contribution is -0.132. The van der Waals surface area contributed by atoms with Crippen molar-refractivity contribution in [2.45, 2.75) is 32.9 Å². The van der Waals surface area contributed by atoms with E-state index in [1.54, 1.807) is 7.11 Å². The first-order valence-electron chi connectivity index (χ1n) is 9.50. The van der Waals surface area contributed by atoms with Gasteiger partial charge in [-0.3, -0.25) is 4.79 Å². The lowest BCUT2D eigenvalue weighted by Crippen LogP contribution is -2.32. The second kappa shape index (κ2) is 9.42. The molecule has 1 amide bonds. The Balaban J connectivity index is 1.53. The average molecular weight is 368 g/mol. The third kappa shape index (κ3) is 5.23. The first-order chi connectivity index (χ1) is 13.2. The molecule has 2 aromatic rings. The van der Waals surface area contributed by atoms with Crippen molar-refractivity contribution in [3.63, 3.8) is 0 Å². The van der Waals surface area contributed by atoms with Crippen molar-refractivity contribution < 1.29 is 14.3 Å². The molecule has 1 N–H and O–H groups in total. The van der Waals surface area contributed by atoms with Crippen molar-refractivity contribution in [2.75, 3.05) is 26.8 Å². The summed E-state index contributed by atoms with van der Waals surface area (Å²) in [6.07, 6.45) is 2.19. The Morgan fingerprint density at radius 1 is 1.07 bits per heavy atom. The molecule has 0 saturated carbocycles. The number of hydrogen-bond donors (Lipinski definition) is 1. The molecule has 0 aromatic heterocycles. The highest BCUT2D eigenvalue weighted by molar-refractivity contribution is 5.78. The van der Waals surface area contributed by atoms with Gasteiger partial charge in [0.15, 0.2) is 6.61 Å². The molecule has 2 aromatic carbocycles. The lowest BCUT2D eigenvalue weighted by Gasteiger charge is -2.17. The van der Waals surface area contributed by atoms with Crippen LogP contribution in [0.5, 0.6) is 11.5 Å². The summed E-state index contributed by atoms with van der Waals surface area (Å²) in [5, 5.41) is 3.44. The van der Waals surface area contributed by atoms with Gasteiger partial charge in [-0.05, 0) is 43.0 Å². The molecule has 0 aliphatic carbocycles. The summed E-state index contributed by atoms with van der Waals surface area (Å²) in [6, 6.07) is 14.1. The number of likely N-dealkylation sites (tertiary alicyclic amines) is 1. The van der Waals surface area contributed by atoms with E-state index in [9.17, 15) is 4.79 Å². The summed E-state index contributed by atoms with van der Waals surface area (Å²) in [4.78, 5) is 14.1. The van der Waals surface area contributed by atoms with Gasteiger partial charge >= 0.3 is 0 Å². The van der Waals surface area contributed by atoms with Crippen molar-refractivity contribution in [2.24, 2.45) is 0 Å². The summed E-state index contributed by atoms with van der Waals surface area (Å²) >= 11 is 0. The van der Waals surface area contributed by atoms with Crippen molar-refractivity contribution in [3.05, 3.63) is 59.2 Å². The quantitative estimate of drug-likeness (QED) is 0.777. The van der Waals surface area contributed by atoms with Gasteiger partial charge < -0.3 is 19.7 Å². The van der Waals surface area contributed by atoms with E-state index in [2.05, 4.69) is 23.5 Å². The van der Waals surface area contributed by atoms with Gasteiger partial charge in [0.1, 0.15) is 11.5 Å². The minimum atomic E-state index is 0.0713. The van der Waals surface area contributed by atoms with Crippen molar-refractivity contribution in [1.82, 2.24) is 10.2 Å². The number of benzene rings is 2. The number of aryl methyl sites for hydroxylation is 1. The maximum absolute atomic E-state index is 12.2. The molecule has 5 heteroatoms. The lowest BCUT2D eigenvalue weighted by atomic mass is 10.1.